The molecule has 4 nitrogen and oxygen atoms in total. The van der Waals surface area contributed by atoms with Gasteiger partial charge in [0.25, 0.3) is 0 Å². The Bertz CT molecular complexity index is 584. The Morgan fingerprint density at radius 1 is 1.35 bits per heavy atom. The summed E-state index contributed by atoms with van der Waals surface area (Å²) < 4.78 is 28.9. The molecule has 1 unspecified atom stereocenters. The number of hydrogen-bond acceptors (Lipinski definition) is 4. The van der Waals surface area contributed by atoms with Gasteiger partial charge >= 0.3 is 0 Å². The summed E-state index contributed by atoms with van der Waals surface area (Å²) in [5, 5.41) is -0.596. The van der Waals surface area contributed by atoms with Crippen molar-refractivity contribution in [2.75, 3.05) is 19.5 Å². The van der Waals surface area contributed by atoms with Crippen LogP contribution in [0.2, 0.25) is 10.0 Å². The molecule has 0 radical (unpaired) electrons. The van der Waals surface area contributed by atoms with Gasteiger partial charge in [0.2, 0.25) is 0 Å². The van der Waals surface area contributed by atoms with Gasteiger partial charge in [-0.1, -0.05) is 23.2 Å². The number of methoxy groups -OCH3 is 1. The Hall–Kier alpha value is -0.620. The van der Waals surface area contributed by atoms with Crippen LogP contribution in [0.5, 0.6) is 0 Å². The highest BCUT2D eigenvalue weighted by molar-refractivity contribution is 7.92. The molecule has 1 aromatic carbocycles. The van der Waals surface area contributed by atoms with E-state index in [1.807, 2.05) is 0 Å². The maximum Gasteiger partial charge on any atom is 0.182 e. The fourth-order valence-electron chi connectivity index (χ4n) is 1.65. The van der Waals surface area contributed by atoms with E-state index in [-0.39, 0.29) is 16.3 Å². The molecule has 0 N–H and O–H groups in total. The molecular formula is C13H16Cl2O4S. The number of hydrogen-bond donors (Lipinski definition) is 0. The molecule has 0 aromatic heterocycles. The van der Waals surface area contributed by atoms with Crippen LogP contribution in [-0.4, -0.2) is 38.9 Å². The lowest BCUT2D eigenvalue weighted by atomic mass is 10.1. The molecule has 0 bridgehead atoms. The predicted molar refractivity (Wildman–Crippen MR) is 80.5 cm³/mol. The number of benzene rings is 1. The van der Waals surface area contributed by atoms with Crippen molar-refractivity contribution < 1.29 is 17.9 Å². The second-order valence-electron chi connectivity index (χ2n) is 4.34. The van der Waals surface area contributed by atoms with Gasteiger partial charge in [-0.25, -0.2) is 8.42 Å². The van der Waals surface area contributed by atoms with Crippen molar-refractivity contribution in [3.05, 3.63) is 33.8 Å². The van der Waals surface area contributed by atoms with E-state index in [1.165, 1.54) is 32.2 Å². The third kappa shape index (κ3) is 4.45. The predicted octanol–water partition coefficient (Wildman–Crippen LogP) is 3.02. The highest BCUT2D eigenvalue weighted by Crippen LogP contribution is 2.23. The molecule has 0 saturated heterocycles. The van der Waals surface area contributed by atoms with E-state index in [0.717, 1.165) is 0 Å². The third-order valence-electron chi connectivity index (χ3n) is 2.88. The number of ketones is 1. The van der Waals surface area contributed by atoms with E-state index in [2.05, 4.69) is 0 Å². The Morgan fingerprint density at radius 3 is 2.55 bits per heavy atom. The molecule has 20 heavy (non-hydrogen) atoms. The minimum absolute atomic E-state index is 0.0983. The quantitative estimate of drug-likeness (QED) is 0.566. The van der Waals surface area contributed by atoms with E-state index < -0.39 is 20.9 Å². The second kappa shape index (κ2) is 7.41. The third-order valence-corrected chi connectivity index (χ3v) is 5.58. The van der Waals surface area contributed by atoms with Crippen LogP contribution in [0.4, 0.5) is 0 Å². The normalized spacial score (nSPS) is 13.2. The van der Waals surface area contributed by atoms with Crippen LogP contribution >= 0.6 is 23.2 Å². The van der Waals surface area contributed by atoms with Gasteiger partial charge < -0.3 is 4.74 Å². The molecule has 0 aliphatic rings. The molecular weight excluding hydrogens is 323 g/mol. The Morgan fingerprint density at radius 2 is 2.00 bits per heavy atom. The summed E-state index contributed by atoms with van der Waals surface area (Å²) in [4.78, 5) is 12.2. The fraction of sp³-hybridized carbons (Fsp3) is 0.462. The van der Waals surface area contributed by atoms with Gasteiger partial charge in [0.1, 0.15) is 5.25 Å². The zero-order chi connectivity index (χ0) is 15.3. The maximum absolute atomic E-state index is 12.2. The summed E-state index contributed by atoms with van der Waals surface area (Å²) in [6.07, 6.45) is 0.352. The monoisotopic (exact) mass is 338 g/mol. The van der Waals surface area contributed by atoms with Gasteiger partial charge in [-0.2, -0.15) is 0 Å². The molecule has 1 rings (SSSR count). The number of carbonyl (C=O) groups is 1. The van der Waals surface area contributed by atoms with Crippen LogP contribution in [0.15, 0.2) is 18.2 Å². The smallest absolute Gasteiger partial charge is 0.182 e. The van der Waals surface area contributed by atoms with E-state index >= 15 is 0 Å². The average Bonchev–Trinajstić information content (AvgIpc) is 2.37. The molecule has 7 heteroatoms. The lowest BCUT2D eigenvalue weighted by Crippen LogP contribution is -2.30. The Balaban J connectivity index is 2.90. The van der Waals surface area contributed by atoms with Crippen LogP contribution in [-0.2, 0) is 14.6 Å². The van der Waals surface area contributed by atoms with Crippen LogP contribution in [0.25, 0.3) is 0 Å². The van der Waals surface area contributed by atoms with Gasteiger partial charge in [0.05, 0.1) is 10.8 Å². The van der Waals surface area contributed by atoms with Crippen molar-refractivity contribution in [1.82, 2.24) is 0 Å². The lowest BCUT2D eigenvalue weighted by molar-refractivity contribution is 0.0991. The van der Waals surface area contributed by atoms with E-state index in [1.54, 1.807) is 0 Å². The van der Waals surface area contributed by atoms with Gasteiger partial charge in [0.15, 0.2) is 15.6 Å². The van der Waals surface area contributed by atoms with Crippen LogP contribution in [0.3, 0.4) is 0 Å². The lowest BCUT2D eigenvalue weighted by Gasteiger charge is -2.13. The first-order valence-corrected chi connectivity index (χ1v) is 8.46. The minimum Gasteiger partial charge on any atom is -0.385 e. The molecule has 0 amide bonds. The SMILES string of the molecule is COCCCS(=O)(=O)C(C)C(=O)c1ccc(Cl)cc1Cl. The number of halogens is 2. The molecule has 0 heterocycles. The topological polar surface area (TPSA) is 60.4 Å². The van der Waals surface area contributed by atoms with Crippen molar-refractivity contribution >= 4 is 38.8 Å². The van der Waals surface area contributed by atoms with Crippen LogP contribution in [0, 0.1) is 0 Å². The standard InChI is InChI=1S/C13H16Cl2O4S/c1-9(20(17,18)7-3-6-19-2)13(16)11-5-4-10(14)8-12(11)15/h4-5,8-9H,3,6-7H2,1-2H3. The Kier molecular flexibility index (Phi) is 6.45. The van der Waals surface area contributed by atoms with Gasteiger partial charge in [0, 0.05) is 24.3 Å². The molecule has 112 valence electrons. The summed E-state index contributed by atoms with van der Waals surface area (Å²) in [6, 6.07) is 4.36. The number of sulfone groups is 1. The van der Waals surface area contributed by atoms with Crippen LogP contribution < -0.4 is 0 Å². The minimum atomic E-state index is -3.53. The Labute approximate surface area is 128 Å². The first-order chi connectivity index (χ1) is 9.29. The molecule has 1 aromatic rings. The summed E-state index contributed by atoms with van der Waals surface area (Å²) in [5.74, 6) is -0.622. The second-order valence-corrected chi connectivity index (χ2v) is 7.63. The summed E-state index contributed by atoms with van der Waals surface area (Å²) in [7, 11) is -2.03. The summed E-state index contributed by atoms with van der Waals surface area (Å²) in [6.45, 7) is 1.71. The van der Waals surface area contributed by atoms with Crippen molar-refractivity contribution in [1.29, 1.82) is 0 Å². The van der Waals surface area contributed by atoms with Gasteiger partial charge in [-0.3, -0.25) is 4.79 Å². The number of rotatable bonds is 7. The van der Waals surface area contributed by atoms with Crippen LogP contribution in [0.1, 0.15) is 23.7 Å². The van der Waals surface area contributed by atoms with Gasteiger partial charge in [-0.05, 0) is 31.5 Å². The summed E-state index contributed by atoms with van der Waals surface area (Å²) in [5.41, 5.74) is 0.166. The number of carbonyl (C=O) groups excluding carboxylic acids is 1. The summed E-state index contributed by atoms with van der Waals surface area (Å²) >= 11 is 11.7. The van der Waals surface area contributed by atoms with E-state index in [9.17, 15) is 13.2 Å². The van der Waals surface area contributed by atoms with E-state index in [0.29, 0.717) is 18.1 Å². The zero-order valence-electron chi connectivity index (χ0n) is 11.2. The average molecular weight is 339 g/mol. The van der Waals surface area contributed by atoms with Crippen molar-refractivity contribution in [3.63, 3.8) is 0 Å². The largest absolute Gasteiger partial charge is 0.385 e. The molecule has 0 spiro atoms. The van der Waals surface area contributed by atoms with Crippen molar-refractivity contribution in [2.24, 2.45) is 0 Å². The first kappa shape index (κ1) is 17.4. The van der Waals surface area contributed by atoms with Crippen molar-refractivity contribution in [2.45, 2.75) is 18.6 Å². The molecule has 0 aliphatic carbocycles. The maximum atomic E-state index is 12.2. The van der Waals surface area contributed by atoms with E-state index in [4.69, 9.17) is 27.9 Å². The molecule has 0 aliphatic heterocycles. The highest BCUT2D eigenvalue weighted by atomic mass is 35.5. The highest BCUT2D eigenvalue weighted by Gasteiger charge is 2.29. The molecule has 1 atom stereocenters. The zero-order valence-corrected chi connectivity index (χ0v) is 13.6. The molecule has 0 fully saturated rings. The molecule has 0 saturated carbocycles. The number of ether oxygens (including phenoxy) is 1. The fourth-order valence-corrected chi connectivity index (χ4v) is 3.48. The number of Topliss-reactive ketones (excluding diaryl/α,β-unsaturated/α-hetero) is 1. The first-order valence-electron chi connectivity index (χ1n) is 5.99. The van der Waals surface area contributed by atoms with Crippen molar-refractivity contribution in [3.8, 4) is 0 Å². The van der Waals surface area contributed by atoms with Gasteiger partial charge in [-0.15, -0.1) is 0 Å².